The van der Waals surface area contributed by atoms with Gasteiger partial charge in [0.15, 0.2) is 11.6 Å². The molecule has 0 saturated carbocycles. The van der Waals surface area contributed by atoms with Gasteiger partial charge in [-0.2, -0.15) is 0 Å². The normalized spacial score (nSPS) is 10.7. The number of nitrogens with one attached hydrogen (secondary N) is 1. The van der Waals surface area contributed by atoms with Crippen molar-refractivity contribution in [1.29, 1.82) is 0 Å². The van der Waals surface area contributed by atoms with E-state index in [2.05, 4.69) is 21.2 Å². The lowest BCUT2D eigenvalue weighted by Crippen LogP contribution is -2.15. The number of carbonyl (C=O) groups excluding carboxylic acids is 1. The van der Waals surface area contributed by atoms with Crippen LogP contribution in [-0.4, -0.2) is 5.91 Å². The Morgan fingerprint density at radius 2 is 1.83 bits per heavy atom. The van der Waals surface area contributed by atoms with Crippen LogP contribution < -0.4 is 5.32 Å². The molecule has 0 unspecified atom stereocenters. The predicted molar refractivity (Wildman–Crippen MR) is 90.3 cm³/mol. The van der Waals surface area contributed by atoms with Gasteiger partial charge in [-0.3, -0.25) is 4.79 Å². The standard InChI is InChI=1S/C18H12BrF2NO/c19-15-5-1-3-11-9-13(7-8-14(11)15)22-17(23)10-12-4-2-6-16(20)18(12)21/h1-9H,10H2,(H,22,23). The van der Waals surface area contributed by atoms with Gasteiger partial charge < -0.3 is 5.32 Å². The molecule has 0 saturated heterocycles. The van der Waals surface area contributed by atoms with E-state index in [9.17, 15) is 13.6 Å². The number of anilines is 1. The fraction of sp³-hybridized carbons (Fsp3) is 0.0556. The fourth-order valence-electron chi connectivity index (χ4n) is 2.39. The van der Waals surface area contributed by atoms with Gasteiger partial charge in [0.1, 0.15) is 0 Å². The Kier molecular flexibility index (Phi) is 4.39. The van der Waals surface area contributed by atoms with Gasteiger partial charge in [-0.1, -0.05) is 46.3 Å². The van der Waals surface area contributed by atoms with E-state index in [1.807, 2.05) is 30.3 Å². The highest BCUT2D eigenvalue weighted by Gasteiger charge is 2.12. The number of carbonyl (C=O) groups is 1. The summed E-state index contributed by atoms with van der Waals surface area (Å²) in [7, 11) is 0. The predicted octanol–water partition coefficient (Wildman–Crippen LogP) is 5.06. The monoisotopic (exact) mass is 375 g/mol. The summed E-state index contributed by atoms with van der Waals surface area (Å²) in [4.78, 5) is 12.0. The molecule has 23 heavy (non-hydrogen) atoms. The molecule has 3 aromatic carbocycles. The largest absolute Gasteiger partial charge is 0.326 e. The lowest BCUT2D eigenvalue weighted by atomic mass is 10.1. The van der Waals surface area contributed by atoms with Gasteiger partial charge in [-0.25, -0.2) is 8.78 Å². The molecule has 116 valence electrons. The van der Waals surface area contributed by atoms with Crippen LogP contribution in [0.1, 0.15) is 5.56 Å². The van der Waals surface area contributed by atoms with Gasteiger partial charge in [-0.05, 0) is 35.0 Å². The minimum Gasteiger partial charge on any atom is -0.326 e. The van der Waals surface area contributed by atoms with Crippen molar-refractivity contribution in [2.24, 2.45) is 0 Å². The van der Waals surface area contributed by atoms with Gasteiger partial charge in [0.2, 0.25) is 5.91 Å². The van der Waals surface area contributed by atoms with E-state index in [4.69, 9.17) is 0 Å². The number of hydrogen-bond acceptors (Lipinski definition) is 1. The van der Waals surface area contributed by atoms with Crippen LogP contribution in [0.4, 0.5) is 14.5 Å². The number of fused-ring (bicyclic) bond motifs is 1. The third kappa shape index (κ3) is 3.40. The Labute approximate surface area is 140 Å². The van der Waals surface area contributed by atoms with E-state index in [-0.39, 0.29) is 12.0 Å². The van der Waals surface area contributed by atoms with Gasteiger partial charge in [-0.15, -0.1) is 0 Å². The molecule has 0 atom stereocenters. The average molecular weight is 376 g/mol. The van der Waals surface area contributed by atoms with E-state index >= 15 is 0 Å². The third-order valence-corrected chi connectivity index (χ3v) is 4.19. The quantitative estimate of drug-likeness (QED) is 0.680. The summed E-state index contributed by atoms with van der Waals surface area (Å²) in [5.41, 5.74) is 0.642. The smallest absolute Gasteiger partial charge is 0.228 e. The molecule has 0 aliphatic rings. The lowest BCUT2D eigenvalue weighted by Gasteiger charge is -2.08. The van der Waals surface area contributed by atoms with Crippen molar-refractivity contribution in [3.8, 4) is 0 Å². The fourth-order valence-corrected chi connectivity index (χ4v) is 2.90. The second-order valence-electron chi connectivity index (χ2n) is 5.11. The van der Waals surface area contributed by atoms with Crippen molar-refractivity contribution in [3.63, 3.8) is 0 Å². The van der Waals surface area contributed by atoms with Crippen LogP contribution in [0, 0.1) is 11.6 Å². The molecule has 0 aliphatic carbocycles. The first-order valence-electron chi connectivity index (χ1n) is 6.95. The van der Waals surface area contributed by atoms with Crippen molar-refractivity contribution >= 4 is 38.3 Å². The van der Waals surface area contributed by atoms with E-state index < -0.39 is 17.5 Å². The number of halogens is 3. The number of benzene rings is 3. The van der Waals surface area contributed by atoms with E-state index in [0.29, 0.717) is 5.69 Å². The minimum absolute atomic E-state index is 0.0334. The second-order valence-corrected chi connectivity index (χ2v) is 5.97. The van der Waals surface area contributed by atoms with E-state index in [1.165, 1.54) is 12.1 Å². The Balaban J connectivity index is 1.79. The highest BCUT2D eigenvalue weighted by atomic mass is 79.9. The average Bonchev–Trinajstić information content (AvgIpc) is 2.52. The zero-order valence-electron chi connectivity index (χ0n) is 11.9. The molecule has 1 amide bonds. The van der Waals surface area contributed by atoms with Crippen LogP contribution in [0.2, 0.25) is 0 Å². The highest BCUT2D eigenvalue weighted by molar-refractivity contribution is 9.10. The van der Waals surface area contributed by atoms with E-state index in [0.717, 1.165) is 21.3 Å². The van der Waals surface area contributed by atoms with E-state index in [1.54, 1.807) is 6.07 Å². The molecule has 3 aromatic rings. The Morgan fingerprint density at radius 1 is 1.04 bits per heavy atom. The third-order valence-electron chi connectivity index (χ3n) is 3.49. The molecule has 0 aromatic heterocycles. The van der Waals surface area contributed by atoms with Gasteiger partial charge in [0.25, 0.3) is 0 Å². The van der Waals surface area contributed by atoms with Crippen LogP contribution in [0.5, 0.6) is 0 Å². The first-order chi connectivity index (χ1) is 11.0. The van der Waals surface area contributed by atoms with Crippen molar-refractivity contribution in [2.45, 2.75) is 6.42 Å². The molecule has 0 aliphatic heterocycles. The van der Waals surface area contributed by atoms with Gasteiger partial charge in [0, 0.05) is 15.7 Å². The maximum Gasteiger partial charge on any atom is 0.228 e. The molecule has 0 heterocycles. The summed E-state index contributed by atoms with van der Waals surface area (Å²) in [6.45, 7) is 0. The molecule has 1 N–H and O–H groups in total. The maximum atomic E-state index is 13.6. The molecule has 5 heteroatoms. The number of rotatable bonds is 3. The lowest BCUT2D eigenvalue weighted by molar-refractivity contribution is -0.115. The molecular weight excluding hydrogens is 364 g/mol. The topological polar surface area (TPSA) is 29.1 Å². The molecule has 2 nitrogen and oxygen atoms in total. The molecular formula is C18H12BrF2NO. The van der Waals surface area contributed by atoms with Crippen LogP contribution in [0.15, 0.2) is 59.1 Å². The summed E-state index contributed by atoms with van der Waals surface area (Å²) < 4.78 is 27.7. The first kappa shape index (κ1) is 15.6. The Hall–Kier alpha value is -2.27. The van der Waals surface area contributed by atoms with Crippen LogP contribution in [-0.2, 0) is 11.2 Å². The Bertz CT molecular complexity index is 895. The zero-order chi connectivity index (χ0) is 16.4. The summed E-state index contributed by atoms with van der Waals surface area (Å²) in [5.74, 6) is -2.33. The summed E-state index contributed by atoms with van der Waals surface area (Å²) in [5, 5.41) is 4.70. The molecule has 3 rings (SSSR count). The van der Waals surface area contributed by atoms with Gasteiger partial charge >= 0.3 is 0 Å². The zero-order valence-corrected chi connectivity index (χ0v) is 13.5. The summed E-state index contributed by atoms with van der Waals surface area (Å²) >= 11 is 3.47. The van der Waals surface area contributed by atoms with Crippen molar-refractivity contribution in [2.75, 3.05) is 5.32 Å². The summed E-state index contributed by atoms with van der Waals surface area (Å²) in [6.07, 6.45) is -0.222. The molecule has 0 fully saturated rings. The minimum atomic E-state index is -0.981. The molecule has 0 bridgehead atoms. The van der Waals surface area contributed by atoms with Crippen molar-refractivity contribution in [1.82, 2.24) is 0 Å². The molecule has 0 spiro atoms. The number of amides is 1. The maximum absolute atomic E-state index is 13.6. The second kappa shape index (κ2) is 6.46. The SMILES string of the molecule is O=C(Cc1cccc(F)c1F)Nc1ccc2c(Br)cccc2c1. The van der Waals surface area contributed by atoms with Crippen molar-refractivity contribution < 1.29 is 13.6 Å². The molecule has 0 radical (unpaired) electrons. The van der Waals surface area contributed by atoms with Gasteiger partial charge in [0.05, 0.1) is 6.42 Å². The first-order valence-corrected chi connectivity index (χ1v) is 7.75. The van der Waals surface area contributed by atoms with Crippen LogP contribution >= 0.6 is 15.9 Å². The summed E-state index contributed by atoms with van der Waals surface area (Å²) in [6, 6.07) is 15.1. The van der Waals surface area contributed by atoms with Crippen LogP contribution in [0.25, 0.3) is 10.8 Å². The van der Waals surface area contributed by atoms with Crippen LogP contribution in [0.3, 0.4) is 0 Å². The highest BCUT2D eigenvalue weighted by Crippen LogP contribution is 2.26. The number of hydrogen-bond donors (Lipinski definition) is 1. The Morgan fingerprint density at radius 3 is 2.65 bits per heavy atom. The van der Waals surface area contributed by atoms with Crippen molar-refractivity contribution in [3.05, 3.63) is 76.3 Å².